The van der Waals surface area contributed by atoms with Crippen LogP contribution in [0.15, 0.2) is 0 Å². The minimum absolute atomic E-state index is 0.0258. The molecular formula is C8H16BrNO5S. The van der Waals surface area contributed by atoms with Gasteiger partial charge in [0.05, 0.1) is 12.9 Å². The van der Waals surface area contributed by atoms with Gasteiger partial charge in [-0.05, 0) is 6.42 Å². The van der Waals surface area contributed by atoms with E-state index in [0.29, 0.717) is 13.0 Å². The van der Waals surface area contributed by atoms with E-state index < -0.39 is 20.8 Å². The molecule has 6 nitrogen and oxygen atoms in total. The van der Waals surface area contributed by atoms with Gasteiger partial charge in [0, 0.05) is 20.3 Å². The summed E-state index contributed by atoms with van der Waals surface area (Å²) < 4.78 is 34.2. The van der Waals surface area contributed by atoms with Crippen LogP contribution in [-0.2, 0) is 24.3 Å². The number of rotatable bonds is 8. The second kappa shape index (κ2) is 7.99. The lowest BCUT2D eigenvalue weighted by molar-refractivity contribution is -0.139. The minimum atomic E-state index is -3.36. The van der Waals surface area contributed by atoms with Gasteiger partial charge in [0.25, 0.3) is 0 Å². The van der Waals surface area contributed by atoms with Gasteiger partial charge in [0.2, 0.25) is 10.0 Å². The molecule has 0 spiro atoms. The van der Waals surface area contributed by atoms with Gasteiger partial charge in [-0.2, -0.15) is 0 Å². The summed E-state index contributed by atoms with van der Waals surface area (Å²) in [6.45, 7) is 0.359. The Balaban J connectivity index is 3.94. The molecule has 0 aromatic rings. The van der Waals surface area contributed by atoms with Crippen LogP contribution in [0.25, 0.3) is 0 Å². The lowest BCUT2D eigenvalue weighted by Gasteiger charge is -2.09. The molecule has 1 N–H and O–H groups in total. The normalized spacial score (nSPS) is 13.4. The summed E-state index contributed by atoms with van der Waals surface area (Å²) in [5.41, 5.74) is 0. The van der Waals surface area contributed by atoms with Crippen molar-refractivity contribution in [3.8, 4) is 0 Å². The Hall–Kier alpha value is -0.180. The number of hydrogen-bond donors (Lipinski definition) is 1. The molecular weight excluding hydrogens is 302 g/mol. The third-order valence-corrected chi connectivity index (χ3v) is 3.83. The Kier molecular flexibility index (Phi) is 7.90. The van der Waals surface area contributed by atoms with Gasteiger partial charge in [-0.25, -0.2) is 13.1 Å². The topological polar surface area (TPSA) is 81.7 Å². The fourth-order valence-corrected chi connectivity index (χ4v) is 2.50. The van der Waals surface area contributed by atoms with Crippen molar-refractivity contribution < 1.29 is 22.7 Å². The predicted molar refractivity (Wildman–Crippen MR) is 63.0 cm³/mol. The minimum Gasteiger partial charge on any atom is -0.468 e. The zero-order chi connectivity index (χ0) is 12.6. The Labute approximate surface area is 104 Å². The first kappa shape index (κ1) is 15.8. The van der Waals surface area contributed by atoms with Crippen molar-refractivity contribution in [1.29, 1.82) is 0 Å². The molecule has 1 atom stereocenters. The van der Waals surface area contributed by atoms with Crippen molar-refractivity contribution in [3.05, 3.63) is 0 Å². The van der Waals surface area contributed by atoms with Crippen LogP contribution in [0.1, 0.15) is 6.42 Å². The maximum Gasteiger partial charge on any atom is 0.320 e. The van der Waals surface area contributed by atoms with E-state index in [-0.39, 0.29) is 12.3 Å². The summed E-state index contributed by atoms with van der Waals surface area (Å²) >= 11 is 3.01. The number of carbonyl (C=O) groups is 1. The van der Waals surface area contributed by atoms with Gasteiger partial charge >= 0.3 is 5.97 Å². The summed E-state index contributed by atoms with van der Waals surface area (Å²) in [5, 5.41) is 0. The highest BCUT2D eigenvalue weighted by molar-refractivity contribution is 9.10. The maximum atomic E-state index is 11.4. The molecule has 1 unspecified atom stereocenters. The van der Waals surface area contributed by atoms with Crippen LogP contribution in [-0.4, -0.2) is 52.3 Å². The number of hydrogen-bond acceptors (Lipinski definition) is 5. The zero-order valence-electron chi connectivity index (χ0n) is 9.23. The van der Waals surface area contributed by atoms with Gasteiger partial charge in [0.1, 0.15) is 4.83 Å². The van der Waals surface area contributed by atoms with Gasteiger partial charge < -0.3 is 9.47 Å². The molecule has 0 fully saturated rings. The van der Waals surface area contributed by atoms with Gasteiger partial charge in [-0.3, -0.25) is 4.79 Å². The number of alkyl halides is 1. The Morgan fingerprint density at radius 3 is 2.56 bits per heavy atom. The number of methoxy groups -OCH3 is 2. The van der Waals surface area contributed by atoms with E-state index in [4.69, 9.17) is 4.74 Å². The van der Waals surface area contributed by atoms with Crippen molar-refractivity contribution in [2.75, 3.05) is 33.1 Å². The summed E-state index contributed by atoms with van der Waals surface area (Å²) in [6.07, 6.45) is 0.414. The van der Waals surface area contributed by atoms with Crippen LogP contribution in [0.4, 0.5) is 0 Å². The SMILES string of the molecule is COCCCS(=O)(=O)NCC(Br)C(=O)OC. The second-order valence-corrected chi connectivity index (χ2v) is 6.04. The number of ether oxygens (including phenoxy) is 2. The smallest absolute Gasteiger partial charge is 0.320 e. The molecule has 0 aliphatic rings. The molecule has 16 heavy (non-hydrogen) atoms. The maximum absolute atomic E-state index is 11.4. The average molecular weight is 318 g/mol. The molecule has 0 heterocycles. The Morgan fingerprint density at radius 1 is 1.44 bits per heavy atom. The lowest BCUT2D eigenvalue weighted by atomic mass is 10.4. The highest BCUT2D eigenvalue weighted by Crippen LogP contribution is 2.01. The van der Waals surface area contributed by atoms with E-state index in [9.17, 15) is 13.2 Å². The fraction of sp³-hybridized carbons (Fsp3) is 0.875. The largest absolute Gasteiger partial charge is 0.468 e. The number of carbonyl (C=O) groups excluding carboxylic acids is 1. The molecule has 0 amide bonds. The molecule has 0 radical (unpaired) electrons. The van der Waals surface area contributed by atoms with Gasteiger partial charge in [0.15, 0.2) is 0 Å². The van der Waals surface area contributed by atoms with Crippen molar-refractivity contribution in [2.45, 2.75) is 11.2 Å². The molecule has 0 aliphatic carbocycles. The molecule has 0 rings (SSSR count). The van der Waals surface area contributed by atoms with Crippen LogP contribution >= 0.6 is 15.9 Å². The van der Waals surface area contributed by atoms with E-state index in [1.807, 2.05) is 0 Å². The van der Waals surface area contributed by atoms with Crippen molar-refractivity contribution in [2.24, 2.45) is 0 Å². The summed E-state index contributed by atoms with van der Waals surface area (Å²) in [4.78, 5) is 10.3. The van der Waals surface area contributed by atoms with E-state index in [1.54, 1.807) is 0 Å². The first-order valence-corrected chi connectivity index (χ1v) is 7.18. The molecule has 0 aliphatic heterocycles. The highest BCUT2D eigenvalue weighted by atomic mass is 79.9. The summed E-state index contributed by atoms with van der Waals surface area (Å²) in [5.74, 6) is -0.540. The average Bonchev–Trinajstić information content (AvgIpc) is 2.25. The summed E-state index contributed by atoms with van der Waals surface area (Å²) in [6, 6.07) is 0. The van der Waals surface area contributed by atoms with Gasteiger partial charge in [-0.15, -0.1) is 0 Å². The molecule has 0 saturated heterocycles. The van der Waals surface area contributed by atoms with Crippen LogP contribution in [0, 0.1) is 0 Å². The zero-order valence-corrected chi connectivity index (χ0v) is 11.6. The molecule has 96 valence electrons. The van der Waals surface area contributed by atoms with Crippen LogP contribution in [0.2, 0.25) is 0 Å². The summed E-state index contributed by atoms with van der Waals surface area (Å²) in [7, 11) is -0.613. The van der Waals surface area contributed by atoms with E-state index in [2.05, 4.69) is 25.4 Å². The highest BCUT2D eigenvalue weighted by Gasteiger charge is 2.18. The van der Waals surface area contributed by atoms with E-state index in [0.717, 1.165) is 0 Å². The molecule has 8 heteroatoms. The number of nitrogens with one attached hydrogen (secondary N) is 1. The molecule has 0 aromatic heterocycles. The standard InChI is InChI=1S/C8H16BrNO5S/c1-14-4-3-5-16(12,13)10-6-7(9)8(11)15-2/h7,10H,3-6H2,1-2H3. The second-order valence-electron chi connectivity index (χ2n) is 3.00. The Bertz CT molecular complexity index is 306. The monoisotopic (exact) mass is 317 g/mol. The van der Waals surface area contributed by atoms with Crippen molar-refractivity contribution >= 4 is 31.9 Å². The van der Waals surface area contributed by atoms with Crippen LogP contribution in [0.5, 0.6) is 0 Å². The van der Waals surface area contributed by atoms with Crippen molar-refractivity contribution in [1.82, 2.24) is 4.72 Å². The predicted octanol–water partition coefficient (Wildman–Crippen LogP) is -0.121. The van der Waals surface area contributed by atoms with Crippen LogP contribution < -0.4 is 4.72 Å². The first-order chi connectivity index (χ1) is 7.43. The number of esters is 1. The van der Waals surface area contributed by atoms with E-state index in [1.165, 1.54) is 14.2 Å². The molecule has 0 aromatic carbocycles. The molecule has 0 bridgehead atoms. The van der Waals surface area contributed by atoms with E-state index >= 15 is 0 Å². The third kappa shape index (κ3) is 7.15. The van der Waals surface area contributed by atoms with Crippen LogP contribution in [0.3, 0.4) is 0 Å². The van der Waals surface area contributed by atoms with Gasteiger partial charge in [-0.1, -0.05) is 15.9 Å². The number of sulfonamides is 1. The Morgan fingerprint density at radius 2 is 2.06 bits per heavy atom. The fourth-order valence-electron chi connectivity index (χ4n) is 0.877. The molecule has 0 saturated carbocycles. The quantitative estimate of drug-likeness (QED) is 0.383. The lowest BCUT2D eigenvalue weighted by Crippen LogP contribution is -2.35. The number of halogens is 1. The van der Waals surface area contributed by atoms with Crippen molar-refractivity contribution in [3.63, 3.8) is 0 Å². The third-order valence-electron chi connectivity index (χ3n) is 1.70. The first-order valence-electron chi connectivity index (χ1n) is 4.61.